The first-order valence-electron chi connectivity index (χ1n) is 11.8. The smallest absolute Gasteiger partial charge is 0.255 e. The van der Waals surface area contributed by atoms with Crippen LogP contribution < -0.4 is 21.1 Å². The molecule has 5 rings (SSSR count). The Labute approximate surface area is 224 Å². The Kier molecular flexibility index (Phi) is 6.77. The van der Waals surface area contributed by atoms with E-state index in [9.17, 15) is 22.4 Å². The Bertz CT molecular complexity index is 1840. The van der Waals surface area contributed by atoms with E-state index in [1.54, 1.807) is 42.5 Å². The standard InChI is InChI=1S/C28H24FN5O4S/c1-34(39(37)38)17-9-10-20-24(13-17)32-26-21(27(31)35)12-11-19(25(20)26)18-3-2-4-23(22(18)14-30)33-28(36)15-5-7-16(29)8-6-15/h2-13,32,39H,14,30H2,1H3,(H2,31,35)(H,33,36). The minimum absolute atomic E-state index is 0.0854. The van der Waals surface area contributed by atoms with Crippen molar-refractivity contribution in [3.05, 3.63) is 95.3 Å². The highest BCUT2D eigenvalue weighted by molar-refractivity contribution is 7.74. The summed E-state index contributed by atoms with van der Waals surface area (Å²) in [4.78, 5) is 28.4. The van der Waals surface area contributed by atoms with E-state index in [-0.39, 0.29) is 17.7 Å². The molecule has 4 aromatic carbocycles. The second-order valence-corrected chi connectivity index (χ2v) is 9.96. The van der Waals surface area contributed by atoms with Gasteiger partial charge in [-0.15, -0.1) is 0 Å². The van der Waals surface area contributed by atoms with Gasteiger partial charge < -0.3 is 21.8 Å². The van der Waals surface area contributed by atoms with Crippen LogP contribution in [-0.2, 0) is 17.4 Å². The number of aromatic amines is 1. The summed E-state index contributed by atoms with van der Waals surface area (Å²) in [6, 6.07) is 19.1. The van der Waals surface area contributed by atoms with Gasteiger partial charge in [0.2, 0.25) is 10.9 Å². The van der Waals surface area contributed by atoms with Gasteiger partial charge in [0.15, 0.2) is 0 Å². The zero-order valence-electron chi connectivity index (χ0n) is 20.7. The number of carbonyl (C=O) groups is 2. The highest BCUT2D eigenvalue weighted by Crippen LogP contribution is 2.40. The molecule has 11 heteroatoms. The van der Waals surface area contributed by atoms with Gasteiger partial charge in [0.05, 0.1) is 16.8 Å². The molecule has 9 nitrogen and oxygen atoms in total. The lowest BCUT2D eigenvalue weighted by atomic mass is 9.92. The summed E-state index contributed by atoms with van der Waals surface area (Å²) < 4.78 is 37.5. The minimum Gasteiger partial charge on any atom is -0.366 e. The number of amides is 2. The molecule has 0 saturated heterocycles. The number of aromatic nitrogens is 1. The molecule has 5 aromatic rings. The molecule has 0 unspecified atom stereocenters. The van der Waals surface area contributed by atoms with Gasteiger partial charge >= 0.3 is 0 Å². The van der Waals surface area contributed by atoms with Crippen molar-refractivity contribution in [1.29, 1.82) is 0 Å². The number of thiol groups is 1. The van der Waals surface area contributed by atoms with E-state index < -0.39 is 28.5 Å². The number of halogens is 1. The Hall–Kier alpha value is -4.74. The van der Waals surface area contributed by atoms with Crippen molar-refractivity contribution in [1.82, 2.24) is 4.98 Å². The average Bonchev–Trinajstić information content (AvgIpc) is 3.31. The molecule has 0 atom stereocenters. The molecule has 0 aliphatic heterocycles. The lowest BCUT2D eigenvalue weighted by molar-refractivity contribution is 0.0998. The average molecular weight is 546 g/mol. The molecule has 0 aliphatic carbocycles. The molecule has 0 bridgehead atoms. The van der Waals surface area contributed by atoms with Crippen LogP contribution in [0.2, 0.25) is 0 Å². The molecule has 39 heavy (non-hydrogen) atoms. The third kappa shape index (κ3) is 4.69. The number of hydrogen-bond acceptors (Lipinski definition) is 5. The molecule has 0 aliphatic rings. The number of nitrogens with zero attached hydrogens (tertiary/aromatic N) is 1. The molecule has 198 valence electrons. The van der Waals surface area contributed by atoms with Crippen molar-refractivity contribution in [3.63, 3.8) is 0 Å². The SMILES string of the molecule is CN(c1ccc2c(c1)[nH]c1c(C(N)=O)ccc(-c3cccc(NC(=O)c4ccc(F)cc4)c3CN)c12)[SH](=O)=O. The molecular weight excluding hydrogens is 521 g/mol. The lowest BCUT2D eigenvalue weighted by Crippen LogP contribution is -2.15. The first kappa shape index (κ1) is 25.9. The summed E-state index contributed by atoms with van der Waals surface area (Å²) in [7, 11) is -1.39. The summed E-state index contributed by atoms with van der Waals surface area (Å²) in [6.45, 7) is 0.0854. The zero-order chi connectivity index (χ0) is 27.8. The van der Waals surface area contributed by atoms with Gasteiger partial charge in [0.25, 0.3) is 11.8 Å². The number of rotatable bonds is 7. The van der Waals surface area contributed by atoms with Crippen molar-refractivity contribution in [3.8, 4) is 11.1 Å². The van der Waals surface area contributed by atoms with E-state index in [0.717, 1.165) is 20.8 Å². The number of anilines is 2. The van der Waals surface area contributed by atoms with E-state index in [4.69, 9.17) is 11.5 Å². The molecule has 0 spiro atoms. The third-order valence-electron chi connectivity index (χ3n) is 6.65. The van der Waals surface area contributed by atoms with Gasteiger partial charge in [-0.05, 0) is 65.2 Å². The Morgan fingerprint density at radius 1 is 1.00 bits per heavy atom. The molecule has 0 radical (unpaired) electrons. The second-order valence-electron chi connectivity index (χ2n) is 8.89. The maximum atomic E-state index is 13.3. The van der Waals surface area contributed by atoms with Crippen molar-refractivity contribution in [2.45, 2.75) is 6.54 Å². The monoisotopic (exact) mass is 545 g/mol. The normalized spacial score (nSPS) is 11.3. The summed E-state index contributed by atoms with van der Waals surface area (Å²) in [5.74, 6) is -1.49. The third-order valence-corrected chi connectivity index (χ3v) is 7.37. The fourth-order valence-corrected chi connectivity index (χ4v) is 5.01. The van der Waals surface area contributed by atoms with Gasteiger partial charge in [-0.1, -0.05) is 24.3 Å². The fourth-order valence-electron chi connectivity index (χ4n) is 4.70. The first-order valence-corrected chi connectivity index (χ1v) is 13.0. The molecular formula is C28H24FN5O4S. The quantitative estimate of drug-likeness (QED) is 0.197. The van der Waals surface area contributed by atoms with Crippen LogP contribution in [0.25, 0.3) is 32.9 Å². The predicted molar refractivity (Wildman–Crippen MR) is 151 cm³/mol. The number of primary amides is 1. The Morgan fingerprint density at radius 3 is 2.41 bits per heavy atom. The van der Waals surface area contributed by atoms with Crippen molar-refractivity contribution >= 4 is 55.9 Å². The van der Waals surface area contributed by atoms with Crippen LogP contribution in [0.4, 0.5) is 15.8 Å². The van der Waals surface area contributed by atoms with E-state index in [1.807, 2.05) is 6.07 Å². The van der Waals surface area contributed by atoms with Crippen LogP contribution in [0.5, 0.6) is 0 Å². The van der Waals surface area contributed by atoms with E-state index >= 15 is 0 Å². The van der Waals surface area contributed by atoms with Crippen molar-refractivity contribution in [2.24, 2.45) is 11.5 Å². The van der Waals surface area contributed by atoms with Crippen LogP contribution in [0.15, 0.2) is 72.8 Å². The second kappa shape index (κ2) is 10.2. The van der Waals surface area contributed by atoms with Gasteiger partial charge in [-0.25, -0.2) is 12.8 Å². The lowest BCUT2D eigenvalue weighted by Gasteiger charge is -2.16. The van der Waals surface area contributed by atoms with Crippen LogP contribution >= 0.6 is 0 Å². The number of fused-ring (bicyclic) bond motifs is 3. The number of nitrogens with two attached hydrogens (primary N) is 2. The minimum atomic E-state index is -2.83. The number of benzene rings is 4. The van der Waals surface area contributed by atoms with E-state index in [0.29, 0.717) is 33.4 Å². The molecule has 0 saturated carbocycles. The first-order chi connectivity index (χ1) is 18.7. The highest BCUT2D eigenvalue weighted by Gasteiger charge is 2.20. The molecule has 0 fully saturated rings. The maximum absolute atomic E-state index is 13.3. The highest BCUT2D eigenvalue weighted by atomic mass is 32.2. The number of nitrogens with one attached hydrogen (secondary N) is 2. The predicted octanol–water partition coefficient (Wildman–Crippen LogP) is 3.90. The van der Waals surface area contributed by atoms with Crippen molar-refractivity contribution in [2.75, 3.05) is 16.7 Å². The Balaban J connectivity index is 1.69. The van der Waals surface area contributed by atoms with Crippen LogP contribution in [0, 0.1) is 5.82 Å². The molecule has 1 heterocycles. The van der Waals surface area contributed by atoms with Gasteiger partial charge in [-0.2, -0.15) is 0 Å². The number of hydrogen-bond donors (Lipinski definition) is 5. The van der Waals surface area contributed by atoms with Gasteiger partial charge in [0, 0.05) is 41.1 Å². The summed E-state index contributed by atoms with van der Waals surface area (Å²) in [5, 5.41) is 4.29. The van der Waals surface area contributed by atoms with Gasteiger partial charge in [0.1, 0.15) is 5.82 Å². The van der Waals surface area contributed by atoms with E-state index in [2.05, 4.69) is 10.3 Å². The summed E-state index contributed by atoms with van der Waals surface area (Å²) >= 11 is 0. The zero-order valence-corrected chi connectivity index (χ0v) is 21.6. The fraction of sp³-hybridized carbons (Fsp3) is 0.0714. The van der Waals surface area contributed by atoms with E-state index in [1.165, 1.54) is 31.3 Å². The maximum Gasteiger partial charge on any atom is 0.255 e. The van der Waals surface area contributed by atoms with Crippen LogP contribution in [0.1, 0.15) is 26.3 Å². The molecule has 6 N–H and O–H groups in total. The largest absolute Gasteiger partial charge is 0.366 e. The topological polar surface area (TPSA) is 151 Å². The van der Waals surface area contributed by atoms with Crippen LogP contribution in [-0.4, -0.2) is 32.3 Å². The molecule has 1 aromatic heterocycles. The Morgan fingerprint density at radius 2 is 1.74 bits per heavy atom. The number of carbonyl (C=O) groups excluding carboxylic acids is 2. The summed E-state index contributed by atoms with van der Waals surface area (Å²) in [5.41, 5.74) is 16.5. The van der Waals surface area contributed by atoms with Gasteiger partial charge in [-0.3, -0.25) is 13.9 Å². The molecule has 2 amide bonds. The van der Waals surface area contributed by atoms with Crippen LogP contribution in [0.3, 0.4) is 0 Å². The summed E-state index contributed by atoms with van der Waals surface area (Å²) in [6.07, 6.45) is 0. The van der Waals surface area contributed by atoms with Crippen molar-refractivity contribution < 1.29 is 22.4 Å². The number of H-pyrrole nitrogens is 1.